The lowest BCUT2D eigenvalue weighted by Crippen LogP contribution is -2.40. The van der Waals surface area contributed by atoms with Gasteiger partial charge in [0.15, 0.2) is 0 Å². The van der Waals surface area contributed by atoms with E-state index in [2.05, 4.69) is 0 Å². The largest absolute Gasteiger partial charge is 0.467 e. The van der Waals surface area contributed by atoms with Crippen molar-refractivity contribution < 1.29 is 8.83 Å². The third-order valence-electron chi connectivity index (χ3n) is 4.82. The SMILES string of the molecule is O=c1c2oc3ccccc3c2n(Cc2ccccc2)c(=O)n1Cc1ccco1. The highest BCUT2D eigenvalue weighted by atomic mass is 16.3. The molecule has 28 heavy (non-hydrogen) atoms. The molecule has 0 atom stereocenters. The first-order chi connectivity index (χ1) is 13.7. The normalized spacial score (nSPS) is 11.4. The van der Waals surface area contributed by atoms with Gasteiger partial charge in [-0.3, -0.25) is 9.36 Å². The van der Waals surface area contributed by atoms with E-state index in [1.54, 1.807) is 22.8 Å². The van der Waals surface area contributed by atoms with Crippen molar-refractivity contribution in [2.75, 3.05) is 0 Å². The molecular formula is C22H16N2O4. The number of aromatic nitrogens is 2. The maximum Gasteiger partial charge on any atom is 0.332 e. The lowest BCUT2D eigenvalue weighted by atomic mass is 10.2. The van der Waals surface area contributed by atoms with Crippen LogP contribution in [0.15, 0.2) is 91.4 Å². The standard InChI is InChI=1S/C22H16N2O4/c25-21-20-19(17-10-4-5-11-18(17)28-20)23(13-15-7-2-1-3-8-15)22(26)24(21)14-16-9-6-12-27-16/h1-12H,13-14H2. The average molecular weight is 372 g/mol. The molecule has 6 nitrogen and oxygen atoms in total. The minimum Gasteiger partial charge on any atom is -0.467 e. The van der Waals surface area contributed by atoms with Gasteiger partial charge >= 0.3 is 5.69 Å². The van der Waals surface area contributed by atoms with Crippen LogP contribution in [0.4, 0.5) is 0 Å². The third-order valence-corrected chi connectivity index (χ3v) is 4.82. The topological polar surface area (TPSA) is 70.3 Å². The van der Waals surface area contributed by atoms with Gasteiger partial charge in [-0.25, -0.2) is 9.36 Å². The van der Waals surface area contributed by atoms with Crippen molar-refractivity contribution in [3.63, 3.8) is 0 Å². The molecule has 2 aromatic carbocycles. The van der Waals surface area contributed by atoms with Gasteiger partial charge in [0.1, 0.15) is 16.9 Å². The number of fused-ring (bicyclic) bond motifs is 3. The summed E-state index contributed by atoms with van der Waals surface area (Å²) in [7, 11) is 0. The summed E-state index contributed by atoms with van der Waals surface area (Å²) >= 11 is 0. The minimum absolute atomic E-state index is 0.0481. The summed E-state index contributed by atoms with van der Waals surface area (Å²) < 4.78 is 13.9. The second kappa shape index (κ2) is 6.42. The number of rotatable bonds is 4. The lowest BCUT2D eigenvalue weighted by Gasteiger charge is -2.11. The van der Waals surface area contributed by atoms with Crippen molar-refractivity contribution in [2.45, 2.75) is 13.1 Å². The number of hydrogen-bond acceptors (Lipinski definition) is 4. The number of furan rings is 2. The van der Waals surface area contributed by atoms with E-state index < -0.39 is 11.2 Å². The minimum atomic E-state index is -0.461. The summed E-state index contributed by atoms with van der Waals surface area (Å²) in [5.41, 5.74) is 1.36. The van der Waals surface area contributed by atoms with Gasteiger partial charge in [0.05, 0.1) is 19.4 Å². The number of hydrogen-bond donors (Lipinski definition) is 0. The van der Waals surface area contributed by atoms with E-state index in [4.69, 9.17) is 8.83 Å². The Labute approximate surface area is 158 Å². The fourth-order valence-electron chi connectivity index (χ4n) is 3.51. The van der Waals surface area contributed by atoms with Gasteiger partial charge in [-0.05, 0) is 29.8 Å². The quantitative estimate of drug-likeness (QED) is 0.483. The van der Waals surface area contributed by atoms with Gasteiger partial charge in [0, 0.05) is 5.39 Å². The van der Waals surface area contributed by atoms with Gasteiger partial charge in [-0.15, -0.1) is 0 Å². The Kier molecular flexibility index (Phi) is 3.76. The van der Waals surface area contributed by atoms with E-state index in [0.717, 1.165) is 15.5 Å². The maximum absolute atomic E-state index is 13.3. The van der Waals surface area contributed by atoms with Crippen LogP contribution in [0.25, 0.3) is 22.1 Å². The Bertz CT molecular complexity index is 1390. The molecule has 0 spiro atoms. The Morgan fingerprint density at radius 2 is 1.57 bits per heavy atom. The molecule has 0 N–H and O–H groups in total. The number of nitrogens with zero attached hydrogens (tertiary/aromatic N) is 2. The number of para-hydroxylation sites is 1. The third kappa shape index (κ3) is 2.58. The summed E-state index contributed by atoms with van der Waals surface area (Å²) in [6.07, 6.45) is 1.52. The van der Waals surface area contributed by atoms with Gasteiger partial charge < -0.3 is 8.83 Å². The van der Waals surface area contributed by atoms with E-state index >= 15 is 0 Å². The molecule has 0 fully saturated rings. The molecule has 3 heterocycles. The summed E-state index contributed by atoms with van der Waals surface area (Å²) in [6, 6.07) is 20.5. The van der Waals surface area contributed by atoms with Crippen LogP contribution in [-0.4, -0.2) is 9.13 Å². The van der Waals surface area contributed by atoms with Crippen molar-refractivity contribution in [3.8, 4) is 0 Å². The van der Waals surface area contributed by atoms with Gasteiger partial charge in [0.25, 0.3) is 5.56 Å². The molecule has 0 radical (unpaired) electrons. The lowest BCUT2D eigenvalue weighted by molar-refractivity contribution is 0.477. The summed E-state index contributed by atoms with van der Waals surface area (Å²) in [5.74, 6) is 0.529. The molecule has 0 amide bonds. The Hall–Kier alpha value is -3.80. The average Bonchev–Trinajstić information content (AvgIpc) is 3.37. The van der Waals surface area contributed by atoms with Crippen LogP contribution in [0, 0.1) is 0 Å². The highest BCUT2D eigenvalue weighted by Gasteiger charge is 2.20. The fourth-order valence-corrected chi connectivity index (χ4v) is 3.51. The first-order valence-electron chi connectivity index (χ1n) is 8.93. The van der Waals surface area contributed by atoms with Crippen molar-refractivity contribution in [1.82, 2.24) is 9.13 Å². The van der Waals surface area contributed by atoms with E-state index in [9.17, 15) is 9.59 Å². The van der Waals surface area contributed by atoms with Crippen molar-refractivity contribution in [2.24, 2.45) is 0 Å². The zero-order valence-electron chi connectivity index (χ0n) is 14.9. The van der Waals surface area contributed by atoms with Gasteiger partial charge in [0.2, 0.25) is 5.58 Å². The van der Waals surface area contributed by atoms with Crippen LogP contribution in [-0.2, 0) is 13.1 Å². The predicted molar refractivity (Wildman–Crippen MR) is 106 cm³/mol. The van der Waals surface area contributed by atoms with E-state index in [1.165, 1.54) is 6.26 Å². The van der Waals surface area contributed by atoms with E-state index in [-0.39, 0.29) is 12.1 Å². The van der Waals surface area contributed by atoms with Crippen LogP contribution in [0.1, 0.15) is 11.3 Å². The second-order valence-corrected chi connectivity index (χ2v) is 6.60. The zero-order valence-corrected chi connectivity index (χ0v) is 14.9. The van der Waals surface area contributed by atoms with Crippen molar-refractivity contribution >= 4 is 22.1 Å². The smallest absolute Gasteiger partial charge is 0.332 e. The monoisotopic (exact) mass is 372 g/mol. The molecule has 0 unspecified atom stereocenters. The molecule has 6 heteroatoms. The molecule has 138 valence electrons. The highest BCUT2D eigenvalue weighted by molar-refractivity contribution is 6.02. The maximum atomic E-state index is 13.3. The highest BCUT2D eigenvalue weighted by Crippen LogP contribution is 2.26. The van der Waals surface area contributed by atoms with Crippen LogP contribution in [0.2, 0.25) is 0 Å². The van der Waals surface area contributed by atoms with Crippen molar-refractivity contribution in [3.05, 3.63) is 105 Å². The molecule has 0 aliphatic heterocycles. The van der Waals surface area contributed by atoms with Crippen LogP contribution in [0.3, 0.4) is 0 Å². The van der Waals surface area contributed by atoms with E-state index in [1.807, 2.05) is 48.5 Å². The number of benzene rings is 2. The predicted octanol–water partition coefficient (Wildman–Crippen LogP) is 3.60. The summed E-state index contributed by atoms with van der Waals surface area (Å²) in [5, 5.41) is 0.743. The second-order valence-electron chi connectivity index (χ2n) is 6.60. The van der Waals surface area contributed by atoms with Crippen molar-refractivity contribution in [1.29, 1.82) is 0 Å². The summed E-state index contributed by atoms with van der Waals surface area (Å²) in [6.45, 7) is 0.380. The van der Waals surface area contributed by atoms with E-state index in [0.29, 0.717) is 23.4 Å². The van der Waals surface area contributed by atoms with Crippen LogP contribution in [0.5, 0.6) is 0 Å². The van der Waals surface area contributed by atoms with Gasteiger partial charge in [-0.2, -0.15) is 0 Å². The molecule has 0 aliphatic carbocycles. The molecule has 3 aromatic heterocycles. The fraction of sp³-hybridized carbons (Fsp3) is 0.0909. The Morgan fingerprint density at radius 1 is 0.786 bits per heavy atom. The molecule has 5 aromatic rings. The molecule has 0 saturated heterocycles. The van der Waals surface area contributed by atoms with Gasteiger partial charge in [-0.1, -0.05) is 42.5 Å². The Morgan fingerprint density at radius 3 is 2.36 bits per heavy atom. The molecular weight excluding hydrogens is 356 g/mol. The summed E-state index contributed by atoms with van der Waals surface area (Å²) in [4.78, 5) is 26.4. The molecule has 0 saturated carbocycles. The molecule has 0 aliphatic rings. The molecule has 5 rings (SSSR count). The van der Waals surface area contributed by atoms with Crippen LogP contribution < -0.4 is 11.2 Å². The first kappa shape index (κ1) is 16.4. The first-order valence-corrected chi connectivity index (χ1v) is 8.93. The zero-order chi connectivity index (χ0) is 19.1. The Balaban J connectivity index is 1.83. The molecule has 0 bridgehead atoms. The van der Waals surface area contributed by atoms with Crippen LogP contribution >= 0.6 is 0 Å².